The average Bonchev–Trinajstić information content (AvgIpc) is 3.41. The van der Waals surface area contributed by atoms with Gasteiger partial charge in [-0.2, -0.15) is 0 Å². The molecular weight excluding hydrogens is 526 g/mol. The highest BCUT2D eigenvalue weighted by molar-refractivity contribution is 7.99. The highest BCUT2D eigenvalue weighted by atomic mass is 32.2. The van der Waals surface area contributed by atoms with Crippen LogP contribution >= 0.6 is 23.1 Å². The number of thioether (sulfide) groups is 1. The van der Waals surface area contributed by atoms with Gasteiger partial charge in [-0.05, 0) is 57.4 Å². The summed E-state index contributed by atoms with van der Waals surface area (Å²) in [4.78, 5) is 37.3. The SMILES string of the molecule is C=CCn1c(SCC(=O)Nc2sc(C(N)=O)c(C)c2C(=O)OCC)nnc1C(C)Oc1cccc(C)c1C. The second-order valence-corrected chi connectivity index (χ2v) is 10.3. The molecule has 0 aliphatic rings. The second-order valence-electron chi connectivity index (χ2n) is 8.38. The summed E-state index contributed by atoms with van der Waals surface area (Å²) < 4.78 is 13.1. The Bertz CT molecular complexity index is 1360. The number of thiophene rings is 1. The Kier molecular flexibility index (Phi) is 9.70. The number of carbonyl (C=O) groups is 3. The highest BCUT2D eigenvalue weighted by Gasteiger charge is 2.26. The maximum Gasteiger partial charge on any atom is 0.341 e. The van der Waals surface area contributed by atoms with E-state index in [-0.39, 0.29) is 27.8 Å². The lowest BCUT2D eigenvalue weighted by Gasteiger charge is -2.18. The molecular formula is C26H31N5O5S2. The number of nitrogens with zero attached hydrogens (tertiary/aromatic N) is 3. The minimum absolute atomic E-state index is 0.0212. The molecule has 0 saturated heterocycles. The Balaban J connectivity index is 1.76. The third-order valence-electron chi connectivity index (χ3n) is 5.71. The number of esters is 1. The number of nitrogens with one attached hydrogen (secondary N) is 1. The zero-order valence-electron chi connectivity index (χ0n) is 22.0. The van der Waals surface area contributed by atoms with Gasteiger partial charge in [-0.1, -0.05) is 30.0 Å². The Hall–Kier alpha value is -3.64. The fourth-order valence-electron chi connectivity index (χ4n) is 3.68. The van der Waals surface area contributed by atoms with E-state index in [9.17, 15) is 14.4 Å². The lowest BCUT2D eigenvalue weighted by atomic mass is 10.1. The third kappa shape index (κ3) is 6.43. The van der Waals surface area contributed by atoms with Crippen LogP contribution in [0.1, 0.15) is 62.5 Å². The van der Waals surface area contributed by atoms with E-state index in [1.54, 1.807) is 19.9 Å². The van der Waals surface area contributed by atoms with Crippen LogP contribution in [0.25, 0.3) is 0 Å². The molecule has 202 valence electrons. The molecule has 2 heterocycles. The number of aryl methyl sites for hydroxylation is 1. The van der Waals surface area contributed by atoms with Gasteiger partial charge in [0.05, 0.1) is 22.8 Å². The predicted octanol–water partition coefficient (Wildman–Crippen LogP) is 4.60. The third-order valence-corrected chi connectivity index (χ3v) is 7.90. The minimum Gasteiger partial charge on any atom is -0.482 e. The number of aromatic nitrogens is 3. The van der Waals surface area contributed by atoms with Crippen LogP contribution in [-0.4, -0.2) is 44.9 Å². The molecule has 10 nitrogen and oxygen atoms in total. The van der Waals surface area contributed by atoms with E-state index in [0.29, 0.717) is 23.1 Å². The number of primary amides is 1. The summed E-state index contributed by atoms with van der Waals surface area (Å²) in [6.45, 7) is 13.6. The van der Waals surface area contributed by atoms with Crippen molar-refractivity contribution in [2.75, 3.05) is 17.7 Å². The molecule has 3 rings (SSSR count). The molecule has 38 heavy (non-hydrogen) atoms. The molecule has 2 amide bonds. The molecule has 1 unspecified atom stereocenters. The normalized spacial score (nSPS) is 11.6. The number of amides is 2. The summed E-state index contributed by atoms with van der Waals surface area (Å²) >= 11 is 2.12. The van der Waals surface area contributed by atoms with Crippen LogP contribution in [0.3, 0.4) is 0 Å². The van der Waals surface area contributed by atoms with E-state index >= 15 is 0 Å². The van der Waals surface area contributed by atoms with Gasteiger partial charge in [0.15, 0.2) is 17.1 Å². The van der Waals surface area contributed by atoms with E-state index in [0.717, 1.165) is 28.2 Å². The van der Waals surface area contributed by atoms with Gasteiger partial charge >= 0.3 is 5.97 Å². The summed E-state index contributed by atoms with van der Waals surface area (Å²) in [6.07, 6.45) is 1.31. The Labute approximate surface area is 229 Å². The summed E-state index contributed by atoms with van der Waals surface area (Å²) in [7, 11) is 0. The molecule has 0 radical (unpaired) electrons. The second kappa shape index (κ2) is 12.7. The molecule has 1 aromatic carbocycles. The van der Waals surface area contributed by atoms with Crippen LogP contribution < -0.4 is 15.8 Å². The topological polar surface area (TPSA) is 138 Å². The van der Waals surface area contributed by atoms with Crippen LogP contribution in [0.15, 0.2) is 36.0 Å². The van der Waals surface area contributed by atoms with Gasteiger partial charge in [0.25, 0.3) is 5.91 Å². The van der Waals surface area contributed by atoms with Crippen molar-refractivity contribution in [3.8, 4) is 5.75 Å². The molecule has 2 aromatic heterocycles. The molecule has 3 N–H and O–H groups in total. The maximum absolute atomic E-state index is 12.8. The average molecular weight is 558 g/mol. The number of nitrogens with two attached hydrogens (primary N) is 1. The first-order valence-electron chi connectivity index (χ1n) is 11.9. The highest BCUT2D eigenvalue weighted by Crippen LogP contribution is 2.34. The number of hydrogen-bond acceptors (Lipinski definition) is 9. The molecule has 0 bridgehead atoms. The van der Waals surface area contributed by atoms with Crippen LogP contribution in [0.5, 0.6) is 5.75 Å². The first-order chi connectivity index (χ1) is 18.1. The Morgan fingerprint density at radius 1 is 1.24 bits per heavy atom. The van der Waals surface area contributed by atoms with Gasteiger partial charge in [-0.25, -0.2) is 4.79 Å². The van der Waals surface area contributed by atoms with Crippen molar-refractivity contribution >= 4 is 45.9 Å². The number of allylic oxidation sites excluding steroid dienone is 1. The maximum atomic E-state index is 12.8. The number of carbonyl (C=O) groups excluding carboxylic acids is 3. The van der Waals surface area contributed by atoms with Gasteiger partial charge < -0.3 is 20.5 Å². The summed E-state index contributed by atoms with van der Waals surface area (Å²) in [5.74, 6) is -0.379. The quantitative estimate of drug-likeness (QED) is 0.187. The molecule has 0 fully saturated rings. The molecule has 0 spiro atoms. The standard InChI is InChI=1S/C26H31N5O5S2/c1-7-12-31-23(17(6)36-18-11-9-10-14(3)15(18)4)29-30-26(31)37-13-19(32)28-24-20(25(34)35-8-2)16(5)21(38-24)22(27)33/h7,9-11,17H,1,8,12-13H2,2-6H3,(H2,27,33)(H,28,32). The van der Waals surface area contributed by atoms with Crippen molar-refractivity contribution < 1.29 is 23.9 Å². The van der Waals surface area contributed by atoms with Crippen LogP contribution in [0, 0.1) is 20.8 Å². The fraction of sp³-hybridized carbons (Fsp3) is 0.346. The monoisotopic (exact) mass is 557 g/mol. The molecule has 0 aliphatic carbocycles. The van der Waals surface area contributed by atoms with E-state index in [1.165, 1.54) is 11.8 Å². The van der Waals surface area contributed by atoms with Crippen molar-refractivity contribution in [2.45, 2.75) is 52.4 Å². The fourth-order valence-corrected chi connectivity index (χ4v) is 5.50. The van der Waals surface area contributed by atoms with Gasteiger partial charge in [-0.3, -0.25) is 14.2 Å². The zero-order chi connectivity index (χ0) is 28.0. The molecule has 0 aliphatic heterocycles. The van der Waals surface area contributed by atoms with Crippen LogP contribution in [0.4, 0.5) is 5.00 Å². The zero-order valence-corrected chi connectivity index (χ0v) is 23.6. The first-order valence-corrected chi connectivity index (χ1v) is 13.7. The van der Waals surface area contributed by atoms with Crippen LogP contribution in [-0.2, 0) is 16.1 Å². The number of anilines is 1. The van der Waals surface area contributed by atoms with Gasteiger partial charge in [0, 0.05) is 6.54 Å². The molecule has 1 atom stereocenters. The van der Waals surface area contributed by atoms with E-state index in [1.807, 2.05) is 43.5 Å². The van der Waals surface area contributed by atoms with Crippen molar-refractivity contribution in [1.29, 1.82) is 0 Å². The van der Waals surface area contributed by atoms with E-state index in [2.05, 4.69) is 22.1 Å². The molecule has 0 saturated carbocycles. The summed E-state index contributed by atoms with van der Waals surface area (Å²) in [5.41, 5.74) is 8.11. The number of rotatable bonds is 12. The largest absolute Gasteiger partial charge is 0.482 e. The lowest BCUT2D eigenvalue weighted by Crippen LogP contribution is -2.17. The van der Waals surface area contributed by atoms with Gasteiger partial charge in [-0.15, -0.1) is 28.1 Å². The lowest BCUT2D eigenvalue weighted by molar-refractivity contribution is -0.113. The number of ether oxygens (including phenoxy) is 2. The minimum atomic E-state index is -0.685. The summed E-state index contributed by atoms with van der Waals surface area (Å²) in [6, 6.07) is 5.87. The first kappa shape index (κ1) is 28.9. The van der Waals surface area contributed by atoms with Gasteiger partial charge in [0.1, 0.15) is 10.8 Å². The van der Waals surface area contributed by atoms with Crippen molar-refractivity contribution in [2.24, 2.45) is 5.73 Å². The van der Waals surface area contributed by atoms with Crippen molar-refractivity contribution in [3.63, 3.8) is 0 Å². The van der Waals surface area contributed by atoms with Crippen molar-refractivity contribution in [3.05, 3.63) is 63.8 Å². The molecule has 12 heteroatoms. The predicted molar refractivity (Wildman–Crippen MR) is 148 cm³/mol. The van der Waals surface area contributed by atoms with E-state index < -0.39 is 23.9 Å². The number of hydrogen-bond donors (Lipinski definition) is 2. The van der Waals surface area contributed by atoms with E-state index in [4.69, 9.17) is 15.2 Å². The van der Waals surface area contributed by atoms with Crippen LogP contribution in [0.2, 0.25) is 0 Å². The smallest absolute Gasteiger partial charge is 0.341 e. The van der Waals surface area contributed by atoms with Crippen molar-refractivity contribution in [1.82, 2.24) is 14.8 Å². The Morgan fingerprint density at radius 3 is 2.63 bits per heavy atom. The van der Waals surface area contributed by atoms with Gasteiger partial charge in [0.2, 0.25) is 5.91 Å². The number of benzene rings is 1. The molecule has 3 aromatic rings. The summed E-state index contributed by atoms with van der Waals surface area (Å²) in [5, 5.41) is 12.0. The Morgan fingerprint density at radius 2 is 1.97 bits per heavy atom.